The second-order valence-corrected chi connectivity index (χ2v) is 5.04. The molecule has 0 spiro atoms. The highest BCUT2D eigenvalue weighted by Crippen LogP contribution is 2.25. The molecule has 0 atom stereocenters. The van der Waals surface area contributed by atoms with Gasteiger partial charge in [-0.1, -0.05) is 55.7 Å². The Labute approximate surface area is 119 Å². The predicted molar refractivity (Wildman–Crippen MR) is 79.7 cm³/mol. The highest BCUT2D eigenvalue weighted by molar-refractivity contribution is 5.84. The van der Waals surface area contributed by atoms with Crippen LogP contribution in [0.1, 0.15) is 48.7 Å². The summed E-state index contributed by atoms with van der Waals surface area (Å²) in [6, 6.07) is 8.03. The van der Waals surface area contributed by atoms with E-state index in [-0.39, 0.29) is 0 Å². The Balaban J connectivity index is 2.28. The third-order valence-electron chi connectivity index (χ3n) is 3.50. The van der Waals surface area contributed by atoms with Crippen LogP contribution in [-0.4, -0.2) is 21.3 Å². The van der Waals surface area contributed by atoms with Crippen molar-refractivity contribution in [2.75, 3.05) is 0 Å². The zero-order valence-electron chi connectivity index (χ0n) is 12.2. The molecule has 106 valence electrons. The van der Waals surface area contributed by atoms with E-state index >= 15 is 0 Å². The van der Waals surface area contributed by atoms with Crippen LogP contribution in [0.2, 0.25) is 0 Å². The Hall–Kier alpha value is -1.97. The number of aromatic nitrogens is 3. The van der Waals surface area contributed by atoms with E-state index in [1.54, 1.807) is 0 Å². The van der Waals surface area contributed by atoms with E-state index in [1.165, 1.54) is 19.3 Å². The van der Waals surface area contributed by atoms with E-state index < -0.39 is 0 Å². The van der Waals surface area contributed by atoms with Gasteiger partial charge in [0.15, 0.2) is 12.0 Å². The van der Waals surface area contributed by atoms with Gasteiger partial charge in [0.25, 0.3) is 0 Å². The van der Waals surface area contributed by atoms with Crippen molar-refractivity contribution in [2.45, 2.75) is 46.1 Å². The third kappa shape index (κ3) is 3.13. The number of unbranched alkanes of at least 4 members (excludes halogenated alkanes) is 3. The SMILES string of the molecule is CCCCCCn1nnc(C=O)c1-c1ccccc1C. The summed E-state index contributed by atoms with van der Waals surface area (Å²) in [6.07, 6.45) is 5.47. The number of carbonyl (C=O) groups is 1. The average Bonchev–Trinajstić information content (AvgIpc) is 2.87. The molecule has 1 aromatic carbocycles. The quantitative estimate of drug-likeness (QED) is 0.570. The summed E-state index contributed by atoms with van der Waals surface area (Å²) in [5.41, 5.74) is 3.44. The molecule has 4 heteroatoms. The Morgan fingerprint density at radius 2 is 2.00 bits per heavy atom. The number of benzene rings is 1. The molecule has 4 nitrogen and oxygen atoms in total. The number of rotatable bonds is 7. The Kier molecular flexibility index (Phi) is 5.04. The molecule has 0 fully saturated rings. The van der Waals surface area contributed by atoms with Crippen molar-refractivity contribution in [2.24, 2.45) is 0 Å². The fraction of sp³-hybridized carbons (Fsp3) is 0.438. The van der Waals surface area contributed by atoms with Gasteiger partial charge in [-0.05, 0) is 18.9 Å². The Morgan fingerprint density at radius 3 is 2.70 bits per heavy atom. The lowest BCUT2D eigenvalue weighted by atomic mass is 10.0. The van der Waals surface area contributed by atoms with Gasteiger partial charge in [0.1, 0.15) is 0 Å². The van der Waals surface area contributed by atoms with Crippen LogP contribution >= 0.6 is 0 Å². The van der Waals surface area contributed by atoms with Crippen LogP contribution in [0.3, 0.4) is 0 Å². The van der Waals surface area contributed by atoms with Gasteiger partial charge in [-0.3, -0.25) is 4.79 Å². The summed E-state index contributed by atoms with van der Waals surface area (Å²) in [4.78, 5) is 11.2. The number of aldehydes is 1. The maximum atomic E-state index is 11.2. The van der Waals surface area contributed by atoms with Crippen LogP contribution < -0.4 is 0 Å². The van der Waals surface area contributed by atoms with Crippen molar-refractivity contribution in [3.63, 3.8) is 0 Å². The predicted octanol–water partition coefficient (Wildman–Crippen LogP) is 3.65. The molecular formula is C16H21N3O. The second kappa shape index (κ2) is 6.98. The minimum Gasteiger partial charge on any atom is -0.296 e. The lowest BCUT2D eigenvalue weighted by Gasteiger charge is -2.09. The molecule has 2 rings (SSSR count). The maximum absolute atomic E-state index is 11.2. The maximum Gasteiger partial charge on any atom is 0.172 e. The molecule has 20 heavy (non-hydrogen) atoms. The second-order valence-electron chi connectivity index (χ2n) is 5.04. The van der Waals surface area contributed by atoms with Crippen molar-refractivity contribution < 1.29 is 4.79 Å². The first-order chi connectivity index (χ1) is 9.77. The molecule has 1 aromatic heterocycles. The van der Waals surface area contributed by atoms with Gasteiger partial charge in [-0.25, -0.2) is 4.68 Å². The van der Waals surface area contributed by atoms with Crippen molar-refractivity contribution in [3.05, 3.63) is 35.5 Å². The molecule has 0 aliphatic heterocycles. The lowest BCUT2D eigenvalue weighted by molar-refractivity contribution is 0.111. The molecule has 0 N–H and O–H groups in total. The molecule has 0 bridgehead atoms. The van der Waals surface area contributed by atoms with Gasteiger partial charge in [0.2, 0.25) is 0 Å². The van der Waals surface area contributed by atoms with E-state index in [2.05, 4.69) is 17.2 Å². The first kappa shape index (κ1) is 14.4. The minimum atomic E-state index is 0.426. The molecular weight excluding hydrogens is 250 g/mol. The topological polar surface area (TPSA) is 47.8 Å². The fourth-order valence-electron chi connectivity index (χ4n) is 2.37. The minimum absolute atomic E-state index is 0.426. The van der Waals surface area contributed by atoms with Gasteiger partial charge >= 0.3 is 0 Å². The molecule has 0 aliphatic carbocycles. The summed E-state index contributed by atoms with van der Waals surface area (Å²) in [7, 11) is 0. The van der Waals surface area contributed by atoms with Crippen LogP contribution in [-0.2, 0) is 6.54 Å². The number of nitrogens with zero attached hydrogens (tertiary/aromatic N) is 3. The standard InChI is InChI=1S/C16H21N3O/c1-3-4-5-8-11-19-16(15(12-20)17-18-19)14-10-7-6-9-13(14)2/h6-7,9-10,12H,3-5,8,11H2,1-2H3. The first-order valence-electron chi connectivity index (χ1n) is 7.22. The van der Waals surface area contributed by atoms with E-state index in [0.717, 1.165) is 36.1 Å². The number of aryl methyl sites for hydroxylation is 2. The van der Waals surface area contributed by atoms with E-state index in [0.29, 0.717) is 5.69 Å². The van der Waals surface area contributed by atoms with Crippen molar-refractivity contribution in [1.29, 1.82) is 0 Å². The number of hydrogen-bond acceptors (Lipinski definition) is 3. The summed E-state index contributed by atoms with van der Waals surface area (Å²) in [6.45, 7) is 5.04. The number of carbonyl (C=O) groups excluding carboxylic acids is 1. The third-order valence-corrected chi connectivity index (χ3v) is 3.50. The van der Waals surface area contributed by atoms with Crippen LogP contribution in [0.25, 0.3) is 11.3 Å². The Bertz CT molecular complexity index is 575. The molecule has 0 aliphatic rings. The van der Waals surface area contributed by atoms with Crippen LogP contribution in [0, 0.1) is 6.92 Å². The molecule has 0 saturated carbocycles. The highest BCUT2D eigenvalue weighted by atomic mass is 16.1. The summed E-state index contributed by atoms with van der Waals surface area (Å²) < 4.78 is 1.86. The molecule has 0 unspecified atom stereocenters. The summed E-state index contributed by atoms with van der Waals surface area (Å²) in [5.74, 6) is 0. The average molecular weight is 271 g/mol. The van der Waals surface area contributed by atoms with Crippen LogP contribution in [0.15, 0.2) is 24.3 Å². The van der Waals surface area contributed by atoms with E-state index in [4.69, 9.17) is 0 Å². The zero-order valence-corrected chi connectivity index (χ0v) is 12.2. The van der Waals surface area contributed by atoms with Gasteiger partial charge in [0.05, 0.1) is 5.69 Å². The molecule has 1 heterocycles. The van der Waals surface area contributed by atoms with Gasteiger partial charge in [-0.2, -0.15) is 0 Å². The molecule has 0 amide bonds. The van der Waals surface area contributed by atoms with Crippen molar-refractivity contribution >= 4 is 6.29 Å². The number of hydrogen-bond donors (Lipinski definition) is 0. The van der Waals surface area contributed by atoms with E-state index in [1.807, 2.05) is 35.9 Å². The van der Waals surface area contributed by atoms with Crippen LogP contribution in [0.5, 0.6) is 0 Å². The van der Waals surface area contributed by atoms with Crippen molar-refractivity contribution in [3.8, 4) is 11.3 Å². The summed E-state index contributed by atoms with van der Waals surface area (Å²) in [5, 5.41) is 8.13. The first-order valence-corrected chi connectivity index (χ1v) is 7.22. The summed E-state index contributed by atoms with van der Waals surface area (Å²) >= 11 is 0. The highest BCUT2D eigenvalue weighted by Gasteiger charge is 2.15. The molecule has 2 aromatic rings. The van der Waals surface area contributed by atoms with Gasteiger partial charge in [0, 0.05) is 12.1 Å². The van der Waals surface area contributed by atoms with Gasteiger partial charge < -0.3 is 0 Å². The van der Waals surface area contributed by atoms with Crippen molar-refractivity contribution in [1.82, 2.24) is 15.0 Å². The van der Waals surface area contributed by atoms with Gasteiger partial charge in [-0.15, -0.1) is 5.10 Å². The van der Waals surface area contributed by atoms with Crippen LogP contribution in [0.4, 0.5) is 0 Å². The lowest BCUT2D eigenvalue weighted by Crippen LogP contribution is -2.04. The zero-order chi connectivity index (χ0) is 14.4. The monoisotopic (exact) mass is 271 g/mol. The Morgan fingerprint density at radius 1 is 1.20 bits per heavy atom. The fourth-order valence-corrected chi connectivity index (χ4v) is 2.37. The normalized spacial score (nSPS) is 10.7. The molecule has 0 saturated heterocycles. The molecule has 0 radical (unpaired) electrons. The largest absolute Gasteiger partial charge is 0.296 e. The smallest absolute Gasteiger partial charge is 0.172 e. The van der Waals surface area contributed by atoms with E-state index in [9.17, 15) is 4.79 Å².